The molecule has 1 aliphatic heterocycles. The van der Waals surface area contributed by atoms with Gasteiger partial charge in [0.15, 0.2) is 6.10 Å². The maximum Gasteiger partial charge on any atom is 0.407 e. The van der Waals surface area contributed by atoms with E-state index in [1.807, 2.05) is 61.3 Å². The molecule has 1 aromatic heterocycles. The highest BCUT2D eigenvalue weighted by Gasteiger charge is 2.28. The van der Waals surface area contributed by atoms with Crippen molar-refractivity contribution in [1.29, 1.82) is 0 Å². The number of fused-ring (bicyclic) bond motifs is 1. The summed E-state index contributed by atoms with van der Waals surface area (Å²) in [5, 5.41) is 5.53. The molecule has 2 amide bonds. The van der Waals surface area contributed by atoms with Gasteiger partial charge in [-0.1, -0.05) is 30.3 Å². The van der Waals surface area contributed by atoms with Crippen LogP contribution < -0.4 is 25.2 Å². The number of carbonyl (C=O) groups excluding carboxylic acids is 2. The molecule has 0 saturated carbocycles. The lowest BCUT2D eigenvalue weighted by Gasteiger charge is -2.23. The van der Waals surface area contributed by atoms with Crippen molar-refractivity contribution in [1.82, 2.24) is 15.3 Å². The highest BCUT2D eigenvalue weighted by molar-refractivity contribution is 6.09. The number of likely N-dealkylation sites (N-methyl/N-ethyl adjacent to an activating group) is 1. The topological polar surface area (TPSA) is 109 Å². The first-order valence-electron chi connectivity index (χ1n) is 11.8. The predicted octanol–water partition coefficient (Wildman–Crippen LogP) is 3.48. The van der Waals surface area contributed by atoms with Crippen molar-refractivity contribution in [3.05, 3.63) is 71.9 Å². The summed E-state index contributed by atoms with van der Waals surface area (Å²) >= 11 is 0. The van der Waals surface area contributed by atoms with Crippen molar-refractivity contribution >= 4 is 29.5 Å². The standard InChI is InChI=1S/C26H30N6O4/c1-4-28-25-29-16-21-23(30-25)31(3)14-15-32(24(21)33)19-10-12-20(13-11-19)36-22(17-35-26(34)27-2)18-8-6-5-7-9-18/h5-13,16,22H,4,14-15,17H2,1-3H3,(H,27,34)(H,28,29,30). The van der Waals surface area contributed by atoms with Gasteiger partial charge in [0, 0.05) is 45.6 Å². The number of ether oxygens (including phenoxy) is 2. The van der Waals surface area contributed by atoms with Crippen LogP contribution in [0.4, 0.5) is 22.2 Å². The molecule has 0 spiro atoms. The molecule has 0 bridgehead atoms. The Hall–Kier alpha value is -4.34. The van der Waals surface area contributed by atoms with Gasteiger partial charge in [-0.25, -0.2) is 9.78 Å². The van der Waals surface area contributed by atoms with Crippen LogP contribution in [0.5, 0.6) is 5.75 Å². The van der Waals surface area contributed by atoms with Crippen LogP contribution in [0.15, 0.2) is 60.8 Å². The van der Waals surface area contributed by atoms with Crippen molar-refractivity contribution in [3.63, 3.8) is 0 Å². The van der Waals surface area contributed by atoms with Gasteiger partial charge in [-0.05, 0) is 36.8 Å². The Morgan fingerprint density at radius 1 is 1.11 bits per heavy atom. The molecule has 1 atom stereocenters. The van der Waals surface area contributed by atoms with E-state index in [0.29, 0.717) is 42.7 Å². The molecule has 36 heavy (non-hydrogen) atoms. The largest absolute Gasteiger partial charge is 0.482 e. The van der Waals surface area contributed by atoms with E-state index >= 15 is 0 Å². The lowest BCUT2D eigenvalue weighted by Crippen LogP contribution is -2.33. The van der Waals surface area contributed by atoms with Crippen LogP contribution in [-0.4, -0.2) is 62.3 Å². The predicted molar refractivity (Wildman–Crippen MR) is 138 cm³/mol. The molecule has 1 aliphatic rings. The molecule has 0 radical (unpaired) electrons. The maximum absolute atomic E-state index is 13.4. The molecule has 10 nitrogen and oxygen atoms in total. The van der Waals surface area contributed by atoms with Crippen molar-refractivity contribution in [2.75, 3.05) is 55.5 Å². The first kappa shape index (κ1) is 24.8. The number of rotatable bonds is 8. The third-order valence-corrected chi connectivity index (χ3v) is 5.77. The van der Waals surface area contributed by atoms with E-state index in [1.165, 1.54) is 7.05 Å². The van der Waals surface area contributed by atoms with Crippen molar-refractivity contribution in [3.8, 4) is 5.75 Å². The number of hydrogen-bond acceptors (Lipinski definition) is 8. The zero-order valence-electron chi connectivity index (χ0n) is 20.6. The number of nitrogens with zero attached hydrogens (tertiary/aromatic N) is 4. The number of amides is 2. The van der Waals surface area contributed by atoms with E-state index < -0.39 is 12.2 Å². The Morgan fingerprint density at radius 2 is 1.86 bits per heavy atom. The summed E-state index contributed by atoms with van der Waals surface area (Å²) in [6, 6.07) is 16.8. The first-order valence-corrected chi connectivity index (χ1v) is 11.8. The van der Waals surface area contributed by atoms with Gasteiger partial charge >= 0.3 is 6.09 Å². The molecule has 4 rings (SSSR count). The minimum Gasteiger partial charge on any atom is -0.482 e. The van der Waals surface area contributed by atoms with Crippen LogP contribution >= 0.6 is 0 Å². The molecule has 10 heteroatoms. The van der Waals surface area contributed by atoms with E-state index in [2.05, 4.69) is 20.6 Å². The van der Waals surface area contributed by atoms with Crippen LogP contribution in [0, 0.1) is 0 Å². The summed E-state index contributed by atoms with van der Waals surface area (Å²) in [5.74, 6) is 1.54. The van der Waals surface area contributed by atoms with E-state index in [-0.39, 0.29) is 12.5 Å². The molecule has 0 saturated heterocycles. The second kappa shape index (κ2) is 11.4. The average molecular weight is 491 g/mol. The Bertz CT molecular complexity index is 1190. The smallest absolute Gasteiger partial charge is 0.407 e. The summed E-state index contributed by atoms with van der Waals surface area (Å²) < 4.78 is 11.4. The molecule has 2 heterocycles. The van der Waals surface area contributed by atoms with Gasteiger partial charge in [0.05, 0.1) is 0 Å². The van der Waals surface area contributed by atoms with E-state index in [4.69, 9.17) is 9.47 Å². The Balaban J connectivity index is 1.52. The maximum atomic E-state index is 13.4. The zero-order chi connectivity index (χ0) is 25.5. The molecule has 0 aliphatic carbocycles. The SMILES string of the molecule is CCNc1ncc2c(n1)N(C)CCN(c1ccc(OC(COC(=O)NC)c3ccccc3)cc1)C2=O. The van der Waals surface area contributed by atoms with Gasteiger partial charge in [-0.15, -0.1) is 0 Å². The number of anilines is 3. The fourth-order valence-electron chi connectivity index (χ4n) is 3.87. The van der Waals surface area contributed by atoms with Crippen molar-refractivity contribution < 1.29 is 19.1 Å². The quantitative estimate of drug-likeness (QED) is 0.494. The zero-order valence-corrected chi connectivity index (χ0v) is 20.6. The summed E-state index contributed by atoms with van der Waals surface area (Å²) in [5.41, 5.74) is 2.07. The number of hydrogen-bond donors (Lipinski definition) is 2. The average Bonchev–Trinajstić information content (AvgIpc) is 3.03. The van der Waals surface area contributed by atoms with Crippen LogP contribution in [0.2, 0.25) is 0 Å². The lowest BCUT2D eigenvalue weighted by atomic mass is 10.1. The van der Waals surface area contributed by atoms with Crippen molar-refractivity contribution in [2.45, 2.75) is 13.0 Å². The molecule has 2 aromatic carbocycles. The Labute approximate surface area is 210 Å². The van der Waals surface area contributed by atoms with Gasteiger partial charge in [0.25, 0.3) is 5.91 Å². The number of carbonyl (C=O) groups is 2. The summed E-state index contributed by atoms with van der Waals surface area (Å²) in [6.45, 7) is 3.83. The van der Waals surface area contributed by atoms with Gasteiger partial charge in [-0.3, -0.25) is 4.79 Å². The van der Waals surface area contributed by atoms with Crippen LogP contribution in [0.1, 0.15) is 28.9 Å². The summed E-state index contributed by atoms with van der Waals surface area (Å²) in [6.07, 6.45) is 0.561. The van der Waals surface area contributed by atoms with Gasteiger partial charge in [-0.2, -0.15) is 4.98 Å². The monoisotopic (exact) mass is 490 g/mol. The van der Waals surface area contributed by atoms with E-state index in [1.54, 1.807) is 23.2 Å². The molecule has 188 valence electrons. The molecule has 2 N–H and O–H groups in total. The van der Waals surface area contributed by atoms with Gasteiger partial charge in [0.2, 0.25) is 5.95 Å². The van der Waals surface area contributed by atoms with Gasteiger partial charge < -0.3 is 29.9 Å². The highest BCUT2D eigenvalue weighted by Crippen LogP contribution is 2.29. The molecule has 0 fully saturated rings. The Kier molecular flexibility index (Phi) is 7.84. The highest BCUT2D eigenvalue weighted by atomic mass is 16.6. The number of alkyl carbamates (subject to hydrolysis) is 1. The third kappa shape index (κ3) is 5.65. The number of benzene rings is 2. The normalized spacial score (nSPS) is 13.9. The fourth-order valence-corrected chi connectivity index (χ4v) is 3.87. The number of nitrogens with one attached hydrogen (secondary N) is 2. The summed E-state index contributed by atoms with van der Waals surface area (Å²) in [4.78, 5) is 37.5. The first-order chi connectivity index (χ1) is 17.5. The molecular weight excluding hydrogens is 460 g/mol. The van der Waals surface area contributed by atoms with Crippen molar-refractivity contribution in [2.24, 2.45) is 0 Å². The second-order valence-electron chi connectivity index (χ2n) is 8.20. The van der Waals surface area contributed by atoms with Gasteiger partial charge in [0.1, 0.15) is 23.7 Å². The fraction of sp³-hybridized carbons (Fsp3) is 0.308. The Morgan fingerprint density at radius 3 is 2.56 bits per heavy atom. The minimum absolute atomic E-state index is 0.0496. The number of aromatic nitrogens is 2. The lowest BCUT2D eigenvalue weighted by molar-refractivity contribution is 0.0830. The second-order valence-corrected chi connectivity index (χ2v) is 8.20. The molecule has 1 unspecified atom stereocenters. The minimum atomic E-state index is -0.527. The van der Waals surface area contributed by atoms with E-state index in [9.17, 15) is 9.59 Å². The van der Waals surface area contributed by atoms with Crippen LogP contribution in [0.25, 0.3) is 0 Å². The van der Waals surface area contributed by atoms with Crippen LogP contribution in [0.3, 0.4) is 0 Å². The molecular formula is C26H30N6O4. The summed E-state index contributed by atoms with van der Waals surface area (Å²) in [7, 11) is 3.42. The molecule has 3 aromatic rings. The third-order valence-electron chi connectivity index (χ3n) is 5.77. The van der Waals surface area contributed by atoms with E-state index in [0.717, 1.165) is 11.3 Å². The van der Waals surface area contributed by atoms with Crippen LogP contribution in [-0.2, 0) is 4.74 Å².